The molecular weight excluding hydrogens is 757 g/mol. The number of hydrogen-bond acceptors (Lipinski definition) is 6. The van der Waals surface area contributed by atoms with Gasteiger partial charge in [0.05, 0.1) is 0 Å². The third-order valence-electron chi connectivity index (χ3n) is 9.10. The van der Waals surface area contributed by atoms with Crippen LogP contribution in [0.3, 0.4) is 0 Å². The molecule has 0 heterocycles. The molecule has 0 radical (unpaired) electrons. The van der Waals surface area contributed by atoms with Crippen molar-refractivity contribution in [2.75, 3.05) is 13.2 Å². The van der Waals surface area contributed by atoms with Crippen LogP contribution in [-0.2, 0) is 28.6 Å². The van der Waals surface area contributed by atoms with E-state index in [4.69, 9.17) is 14.2 Å². The Balaban J connectivity index is 4.58. The second-order valence-electron chi connectivity index (χ2n) is 14.8. The van der Waals surface area contributed by atoms with Crippen LogP contribution in [0.4, 0.5) is 0 Å². The van der Waals surface area contributed by atoms with Gasteiger partial charge in [0.1, 0.15) is 13.2 Å². The van der Waals surface area contributed by atoms with Crippen molar-refractivity contribution < 1.29 is 28.6 Å². The van der Waals surface area contributed by atoms with Crippen molar-refractivity contribution in [3.8, 4) is 0 Å². The van der Waals surface area contributed by atoms with Crippen LogP contribution in [0.15, 0.2) is 146 Å². The lowest BCUT2D eigenvalue weighted by molar-refractivity contribution is -0.167. The first-order valence-electron chi connectivity index (χ1n) is 23.5. The van der Waals surface area contributed by atoms with Crippen LogP contribution in [0.1, 0.15) is 162 Å². The Morgan fingerprint density at radius 1 is 0.328 bits per heavy atom. The molecule has 0 aliphatic heterocycles. The molecule has 0 aromatic heterocycles. The third-order valence-corrected chi connectivity index (χ3v) is 9.10. The maximum absolute atomic E-state index is 12.7. The number of unbranched alkanes of at least 4 members (excludes halogenated alkanes) is 13. The fourth-order valence-corrected chi connectivity index (χ4v) is 5.65. The highest BCUT2D eigenvalue weighted by Gasteiger charge is 2.19. The van der Waals surface area contributed by atoms with Gasteiger partial charge in [-0.2, -0.15) is 0 Å². The molecule has 1 unspecified atom stereocenters. The lowest BCUT2D eigenvalue weighted by Crippen LogP contribution is -2.30. The van der Waals surface area contributed by atoms with Crippen molar-refractivity contribution in [2.45, 2.75) is 168 Å². The smallest absolute Gasteiger partial charge is 0.306 e. The number of carbonyl (C=O) groups excluding carboxylic acids is 3. The number of carbonyl (C=O) groups is 3. The summed E-state index contributed by atoms with van der Waals surface area (Å²) >= 11 is 0. The molecule has 0 bridgehead atoms. The molecule has 0 amide bonds. The first-order valence-corrected chi connectivity index (χ1v) is 23.5. The van der Waals surface area contributed by atoms with E-state index in [1.54, 1.807) is 0 Å². The van der Waals surface area contributed by atoms with Gasteiger partial charge in [-0.25, -0.2) is 0 Å². The zero-order valence-electron chi connectivity index (χ0n) is 38.4. The van der Waals surface area contributed by atoms with Crippen LogP contribution in [0.25, 0.3) is 0 Å². The molecule has 0 aliphatic carbocycles. The Kier molecular flexibility index (Phi) is 44.3. The van der Waals surface area contributed by atoms with E-state index in [9.17, 15) is 14.4 Å². The summed E-state index contributed by atoms with van der Waals surface area (Å²) in [5.41, 5.74) is 0. The molecule has 338 valence electrons. The monoisotopic (exact) mass is 839 g/mol. The van der Waals surface area contributed by atoms with Gasteiger partial charge in [-0.3, -0.25) is 14.4 Å². The Hall–Kier alpha value is -4.71. The first-order chi connectivity index (χ1) is 30.0. The molecule has 0 aromatic carbocycles. The molecule has 0 saturated carbocycles. The summed E-state index contributed by atoms with van der Waals surface area (Å²) in [7, 11) is 0. The minimum Gasteiger partial charge on any atom is -0.462 e. The van der Waals surface area contributed by atoms with Crippen molar-refractivity contribution >= 4 is 17.9 Å². The van der Waals surface area contributed by atoms with E-state index < -0.39 is 6.10 Å². The molecule has 1 atom stereocenters. The lowest BCUT2D eigenvalue weighted by Gasteiger charge is -2.18. The van der Waals surface area contributed by atoms with Crippen LogP contribution in [0, 0.1) is 0 Å². The fourth-order valence-electron chi connectivity index (χ4n) is 5.65. The number of hydrogen-bond donors (Lipinski definition) is 0. The minimum atomic E-state index is -0.821. The Morgan fingerprint density at radius 2 is 0.590 bits per heavy atom. The highest BCUT2D eigenvalue weighted by Crippen LogP contribution is 2.12. The topological polar surface area (TPSA) is 78.9 Å². The van der Waals surface area contributed by atoms with E-state index in [2.05, 4.69) is 93.7 Å². The van der Waals surface area contributed by atoms with Gasteiger partial charge < -0.3 is 14.2 Å². The van der Waals surface area contributed by atoms with Crippen molar-refractivity contribution in [1.29, 1.82) is 0 Å². The number of allylic oxidation sites excluding steroid dienone is 24. The second-order valence-corrected chi connectivity index (χ2v) is 14.8. The van der Waals surface area contributed by atoms with Crippen LogP contribution in [0.5, 0.6) is 0 Å². The summed E-state index contributed by atoms with van der Waals surface area (Å²) in [5.74, 6) is -1.02. The van der Waals surface area contributed by atoms with Gasteiger partial charge in [0.2, 0.25) is 0 Å². The molecule has 0 fully saturated rings. The van der Waals surface area contributed by atoms with Crippen LogP contribution in [-0.4, -0.2) is 37.2 Å². The van der Waals surface area contributed by atoms with Crippen molar-refractivity contribution in [1.82, 2.24) is 0 Å². The number of esters is 3. The first kappa shape index (κ1) is 56.3. The average Bonchev–Trinajstić information content (AvgIpc) is 3.26. The van der Waals surface area contributed by atoms with Gasteiger partial charge in [0.25, 0.3) is 0 Å². The fraction of sp³-hybridized carbons (Fsp3) is 0.509. The standard InChI is InChI=1S/C55H82O6/c1-4-7-10-13-16-19-22-25-26-27-28-31-33-36-39-42-45-48-54(57)60-51-52(61-55(58)49-46-43-40-37-34-30-24-21-18-15-12-9-6-3)50-59-53(56)47-44-41-38-35-32-29-23-20-17-14-11-8-5-2/h7-28,31,33,52H,4-6,29-30,32,34-51H2,1-3H3/b10-7+,11-8+,12-9+,16-13+,17-14+,18-15+,22-19+,23-20+,24-21+,26-25+,28-27+,33-31+. The molecule has 0 aromatic rings. The Morgan fingerprint density at radius 3 is 0.934 bits per heavy atom. The largest absolute Gasteiger partial charge is 0.462 e. The maximum Gasteiger partial charge on any atom is 0.306 e. The van der Waals surface area contributed by atoms with E-state index in [1.807, 2.05) is 72.9 Å². The molecule has 6 heteroatoms. The third kappa shape index (κ3) is 46.2. The summed E-state index contributed by atoms with van der Waals surface area (Å²) in [4.78, 5) is 37.9. The van der Waals surface area contributed by atoms with Gasteiger partial charge in [0.15, 0.2) is 6.10 Å². The summed E-state index contributed by atoms with van der Waals surface area (Å²) in [6.45, 7) is 6.11. The van der Waals surface area contributed by atoms with Crippen molar-refractivity contribution in [3.63, 3.8) is 0 Å². The zero-order valence-corrected chi connectivity index (χ0v) is 38.4. The van der Waals surface area contributed by atoms with Gasteiger partial charge >= 0.3 is 17.9 Å². The molecule has 0 N–H and O–H groups in total. The van der Waals surface area contributed by atoms with Gasteiger partial charge in [0, 0.05) is 19.3 Å². The summed E-state index contributed by atoms with van der Waals surface area (Å²) in [5, 5.41) is 0. The van der Waals surface area contributed by atoms with E-state index in [0.29, 0.717) is 19.3 Å². The molecular formula is C55H82O6. The van der Waals surface area contributed by atoms with Crippen LogP contribution in [0.2, 0.25) is 0 Å². The SMILES string of the molecule is CC/C=C/C=C/C=C/C=C/C=C/C=C/CCCCCC(=O)OCC(COC(=O)CCCCCCC/C=C/C=C/C=C/CC)OC(=O)CCCCCCC/C=C/C=C/C=C/CC. The quantitative estimate of drug-likeness (QED) is 0.0265. The van der Waals surface area contributed by atoms with Crippen molar-refractivity contribution in [2.24, 2.45) is 0 Å². The van der Waals surface area contributed by atoms with Crippen LogP contribution >= 0.6 is 0 Å². The van der Waals surface area contributed by atoms with Crippen LogP contribution < -0.4 is 0 Å². The van der Waals surface area contributed by atoms with E-state index >= 15 is 0 Å². The van der Waals surface area contributed by atoms with Gasteiger partial charge in [-0.05, 0) is 77.0 Å². The molecule has 0 rings (SSSR count). The molecule has 6 nitrogen and oxygen atoms in total. The van der Waals surface area contributed by atoms with Crippen molar-refractivity contribution in [3.05, 3.63) is 146 Å². The van der Waals surface area contributed by atoms with Gasteiger partial charge in [-0.15, -0.1) is 0 Å². The van der Waals surface area contributed by atoms with E-state index in [0.717, 1.165) is 116 Å². The molecule has 0 spiro atoms. The molecule has 61 heavy (non-hydrogen) atoms. The predicted molar refractivity (Wildman–Crippen MR) is 260 cm³/mol. The highest BCUT2D eigenvalue weighted by atomic mass is 16.6. The molecule has 0 saturated heterocycles. The average molecular weight is 839 g/mol. The number of ether oxygens (including phenoxy) is 3. The second kappa shape index (κ2) is 48.0. The van der Waals surface area contributed by atoms with E-state index in [-0.39, 0.29) is 37.5 Å². The summed E-state index contributed by atoms with van der Waals surface area (Å²) < 4.78 is 16.7. The summed E-state index contributed by atoms with van der Waals surface area (Å²) in [6, 6.07) is 0. The van der Waals surface area contributed by atoms with Gasteiger partial charge in [-0.1, -0.05) is 212 Å². The predicted octanol–water partition coefficient (Wildman–Crippen LogP) is 15.3. The highest BCUT2D eigenvalue weighted by molar-refractivity contribution is 5.71. The zero-order chi connectivity index (χ0) is 44.4. The van der Waals surface area contributed by atoms with E-state index in [1.165, 1.54) is 0 Å². The Bertz CT molecular complexity index is 1430. The minimum absolute atomic E-state index is 0.119. The normalized spacial score (nSPS) is 13.4. The molecule has 0 aliphatic rings. The lowest BCUT2D eigenvalue weighted by atomic mass is 10.1. The Labute approximate surface area is 372 Å². The number of rotatable bonds is 39. The summed E-state index contributed by atoms with van der Waals surface area (Å²) in [6.07, 6.45) is 68.2. The maximum atomic E-state index is 12.7.